The Hall–Kier alpha value is -6.25. The van der Waals surface area contributed by atoms with E-state index in [1.54, 1.807) is 22.2 Å². The molecule has 4 N–H and O–H groups in total. The van der Waals surface area contributed by atoms with Gasteiger partial charge in [0.2, 0.25) is 11.8 Å². The van der Waals surface area contributed by atoms with Crippen molar-refractivity contribution in [2.24, 2.45) is 11.8 Å². The molecule has 0 aliphatic carbocycles. The SMILES string of the molecule is COC(=O)NC(C(=O)N1CCCC1c1ncc(-c2ccc(-c3cnc4cc(-c5cnc(C6CCCN6C(=O)C(NC(=O)OC)C(C)C)[nH]5)ccc4c3)cc2)[nH]1)C(C)C. The van der Waals surface area contributed by atoms with Crippen LogP contribution in [0, 0.1) is 11.8 Å². The molecule has 7 rings (SSSR count). The van der Waals surface area contributed by atoms with E-state index >= 15 is 0 Å². The number of benzene rings is 2. The van der Waals surface area contributed by atoms with Gasteiger partial charge in [-0.2, -0.15) is 0 Å². The third-order valence-corrected chi connectivity index (χ3v) is 11.2. The number of aromatic nitrogens is 5. The summed E-state index contributed by atoms with van der Waals surface area (Å²) in [5.41, 5.74) is 6.41. The number of carbonyl (C=O) groups is 4. The molecule has 2 saturated heterocycles. The highest BCUT2D eigenvalue weighted by Crippen LogP contribution is 2.35. The van der Waals surface area contributed by atoms with E-state index < -0.39 is 24.3 Å². The summed E-state index contributed by atoms with van der Waals surface area (Å²) in [4.78, 5) is 75.7. The first-order valence-corrected chi connectivity index (χ1v) is 19.9. The molecule has 2 aromatic carbocycles. The maximum absolute atomic E-state index is 13.6. The van der Waals surface area contributed by atoms with E-state index in [2.05, 4.69) is 48.8 Å². The van der Waals surface area contributed by atoms with Gasteiger partial charge >= 0.3 is 12.2 Å². The van der Waals surface area contributed by atoms with Crippen LogP contribution >= 0.6 is 0 Å². The van der Waals surface area contributed by atoms with Crippen LogP contribution in [-0.2, 0) is 19.1 Å². The zero-order chi connectivity index (χ0) is 41.1. The molecule has 5 aromatic rings. The highest BCUT2D eigenvalue weighted by atomic mass is 16.5. The number of pyridine rings is 1. The minimum absolute atomic E-state index is 0.108. The summed E-state index contributed by atoms with van der Waals surface area (Å²) in [6.45, 7) is 8.77. The van der Waals surface area contributed by atoms with Crippen molar-refractivity contribution < 1.29 is 28.7 Å². The van der Waals surface area contributed by atoms with Crippen LogP contribution in [0.15, 0.2) is 67.1 Å². The molecule has 5 heterocycles. The Labute approximate surface area is 337 Å². The summed E-state index contributed by atoms with van der Waals surface area (Å²) >= 11 is 0. The molecule has 15 heteroatoms. The number of aromatic amines is 2. The van der Waals surface area contributed by atoms with Crippen molar-refractivity contribution in [3.63, 3.8) is 0 Å². The highest BCUT2D eigenvalue weighted by molar-refractivity contribution is 5.88. The quantitative estimate of drug-likeness (QED) is 0.112. The number of ether oxygens (including phenoxy) is 2. The Morgan fingerprint density at radius 1 is 0.638 bits per heavy atom. The number of hydrogen-bond acceptors (Lipinski definition) is 9. The molecule has 2 aliphatic rings. The smallest absolute Gasteiger partial charge is 0.407 e. The van der Waals surface area contributed by atoms with Crippen LogP contribution in [0.25, 0.3) is 44.5 Å². The van der Waals surface area contributed by atoms with E-state index in [4.69, 9.17) is 14.5 Å². The van der Waals surface area contributed by atoms with E-state index in [0.717, 1.165) is 76.1 Å². The van der Waals surface area contributed by atoms with Gasteiger partial charge < -0.3 is 39.9 Å². The third-order valence-electron chi connectivity index (χ3n) is 11.2. The molecular formula is C43H51N9O6. The first kappa shape index (κ1) is 40.0. The van der Waals surface area contributed by atoms with Gasteiger partial charge in [0.05, 0.1) is 55.6 Å². The molecule has 3 aromatic heterocycles. The second-order valence-electron chi connectivity index (χ2n) is 15.7. The first-order chi connectivity index (χ1) is 27.9. The van der Waals surface area contributed by atoms with Crippen LogP contribution in [0.2, 0.25) is 0 Å². The van der Waals surface area contributed by atoms with Crippen LogP contribution in [0.5, 0.6) is 0 Å². The van der Waals surface area contributed by atoms with Crippen molar-refractivity contribution >= 4 is 34.9 Å². The Kier molecular flexibility index (Phi) is 11.8. The van der Waals surface area contributed by atoms with Gasteiger partial charge in [-0.3, -0.25) is 14.6 Å². The second-order valence-corrected chi connectivity index (χ2v) is 15.7. The zero-order valence-corrected chi connectivity index (χ0v) is 33.7. The summed E-state index contributed by atoms with van der Waals surface area (Å²) in [6, 6.07) is 14.6. The van der Waals surface area contributed by atoms with Crippen LogP contribution < -0.4 is 10.6 Å². The average Bonchev–Trinajstić information content (AvgIpc) is 4.07. The fourth-order valence-corrected chi connectivity index (χ4v) is 7.98. The number of nitrogens with one attached hydrogen (secondary N) is 4. The van der Waals surface area contributed by atoms with Gasteiger partial charge in [0.25, 0.3) is 0 Å². The maximum Gasteiger partial charge on any atom is 0.407 e. The normalized spacial score (nSPS) is 17.8. The topological polar surface area (TPSA) is 188 Å². The highest BCUT2D eigenvalue weighted by Gasteiger charge is 2.39. The van der Waals surface area contributed by atoms with Crippen LogP contribution in [-0.4, -0.2) is 98.1 Å². The molecule has 15 nitrogen and oxygen atoms in total. The molecule has 0 bridgehead atoms. The molecule has 2 aliphatic heterocycles. The summed E-state index contributed by atoms with van der Waals surface area (Å²) < 4.78 is 9.52. The minimum Gasteiger partial charge on any atom is -0.453 e. The molecule has 58 heavy (non-hydrogen) atoms. The van der Waals surface area contributed by atoms with E-state index in [-0.39, 0.29) is 35.7 Å². The number of nitrogens with zero attached hydrogens (tertiary/aromatic N) is 5. The summed E-state index contributed by atoms with van der Waals surface area (Å²) in [7, 11) is 2.58. The second kappa shape index (κ2) is 17.1. The fraction of sp³-hybridized carbons (Fsp3) is 0.419. The van der Waals surface area contributed by atoms with Gasteiger partial charge in [0, 0.05) is 35.8 Å². The fourth-order valence-electron chi connectivity index (χ4n) is 7.98. The molecular weight excluding hydrogens is 739 g/mol. The summed E-state index contributed by atoms with van der Waals surface area (Å²) in [5.74, 6) is 0.914. The number of alkyl carbamates (subject to hydrolysis) is 2. The van der Waals surface area contributed by atoms with Crippen molar-refractivity contribution in [1.29, 1.82) is 0 Å². The lowest BCUT2D eigenvalue weighted by Crippen LogP contribution is -2.51. The average molecular weight is 790 g/mol. The van der Waals surface area contributed by atoms with Crippen molar-refractivity contribution in [1.82, 2.24) is 45.4 Å². The van der Waals surface area contributed by atoms with E-state index in [1.165, 1.54) is 14.2 Å². The predicted molar refractivity (Wildman–Crippen MR) is 218 cm³/mol. The van der Waals surface area contributed by atoms with Crippen molar-refractivity contribution in [2.75, 3.05) is 27.3 Å². The van der Waals surface area contributed by atoms with Gasteiger partial charge in [-0.1, -0.05) is 64.1 Å². The van der Waals surface area contributed by atoms with Crippen molar-refractivity contribution in [3.05, 3.63) is 78.8 Å². The number of methoxy groups -OCH3 is 2. The Bertz CT molecular complexity index is 2280. The lowest BCUT2D eigenvalue weighted by atomic mass is 10.0. The summed E-state index contributed by atoms with van der Waals surface area (Å²) in [6.07, 6.45) is 7.43. The molecule has 2 fully saturated rings. The first-order valence-electron chi connectivity index (χ1n) is 19.9. The van der Waals surface area contributed by atoms with Gasteiger partial charge in [-0.25, -0.2) is 19.6 Å². The van der Waals surface area contributed by atoms with Crippen LogP contribution in [0.4, 0.5) is 9.59 Å². The Morgan fingerprint density at radius 3 is 1.62 bits per heavy atom. The maximum atomic E-state index is 13.6. The molecule has 4 amide bonds. The van der Waals surface area contributed by atoms with Gasteiger partial charge in [0.1, 0.15) is 23.7 Å². The van der Waals surface area contributed by atoms with Gasteiger partial charge in [0.15, 0.2) is 0 Å². The number of likely N-dealkylation sites (tertiary alicyclic amines) is 2. The number of rotatable bonds is 11. The lowest BCUT2D eigenvalue weighted by Gasteiger charge is -2.30. The molecule has 4 unspecified atom stereocenters. The van der Waals surface area contributed by atoms with Crippen molar-refractivity contribution in [3.8, 4) is 33.6 Å². The van der Waals surface area contributed by atoms with E-state index in [0.29, 0.717) is 18.9 Å². The molecule has 0 spiro atoms. The standard InChI is InChI=1S/C43H51N9O6/c1-24(2)36(49-42(55)57-5)40(53)51-17-7-9-34(51)38-45-22-32(47-38)27-13-11-26(12-14-27)30-19-28-15-16-29(20-31(28)44-21-30)33-23-46-39(48-33)35-10-8-18-52(35)41(54)37(25(3)4)50-43(56)58-6/h11-16,19-25,34-37H,7-10,17-18H2,1-6H3,(H,45,47)(H,46,48)(H,49,55)(H,50,56). The van der Waals surface area contributed by atoms with Gasteiger partial charge in [-0.05, 0) is 60.8 Å². The van der Waals surface area contributed by atoms with Crippen LogP contribution in [0.1, 0.15) is 77.1 Å². The summed E-state index contributed by atoms with van der Waals surface area (Å²) in [5, 5.41) is 6.38. The minimum atomic E-state index is -0.696. The third kappa shape index (κ3) is 8.25. The number of carbonyl (C=O) groups excluding carboxylic acids is 4. The monoisotopic (exact) mass is 789 g/mol. The lowest BCUT2D eigenvalue weighted by molar-refractivity contribution is -0.136. The number of fused-ring (bicyclic) bond motifs is 1. The number of H-pyrrole nitrogens is 2. The molecule has 304 valence electrons. The molecule has 4 atom stereocenters. The predicted octanol–water partition coefficient (Wildman–Crippen LogP) is 6.77. The Morgan fingerprint density at radius 2 is 1.12 bits per heavy atom. The molecule has 0 radical (unpaired) electrons. The zero-order valence-electron chi connectivity index (χ0n) is 33.7. The van der Waals surface area contributed by atoms with E-state index in [1.807, 2.05) is 64.2 Å². The largest absolute Gasteiger partial charge is 0.453 e. The molecule has 0 saturated carbocycles. The van der Waals surface area contributed by atoms with Crippen LogP contribution in [0.3, 0.4) is 0 Å². The van der Waals surface area contributed by atoms with Crippen molar-refractivity contribution in [2.45, 2.75) is 77.5 Å². The Balaban J connectivity index is 1.02. The number of imidazole rings is 2. The number of hydrogen-bond donors (Lipinski definition) is 4. The van der Waals surface area contributed by atoms with E-state index in [9.17, 15) is 19.2 Å². The number of amides is 4. The van der Waals surface area contributed by atoms with Gasteiger partial charge in [-0.15, -0.1) is 0 Å².